The zero-order valence-electron chi connectivity index (χ0n) is 33.5. The van der Waals surface area contributed by atoms with Gasteiger partial charge in [0.25, 0.3) is 0 Å². The number of aromatic nitrogens is 4. The van der Waals surface area contributed by atoms with Gasteiger partial charge in [0.2, 0.25) is 5.91 Å². The smallest absolute Gasteiger partial charge is 0.410 e. The molecule has 1 fully saturated rings. The Hall–Kier alpha value is -5.59. The molecule has 5 aromatic rings. The Morgan fingerprint density at radius 3 is 2.59 bits per heavy atom. The summed E-state index contributed by atoms with van der Waals surface area (Å²) in [7, 11) is 1.28. The maximum Gasteiger partial charge on any atom is 0.410 e. The van der Waals surface area contributed by atoms with E-state index in [2.05, 4.69) is 76.9 Å². The number of amides is 3. The summed E-state index contributed by atoms with van der Waals surface area (Å²) in [6.45, 7) is 14.7. The molecule has 2 aromatic heterocycles. The topological polar surface area (TPSA) is 164 Å². The highest BCUT2D eigenvalue weighted by Crippen LogP contribution is 2.43. The molecule has 3 amide bonds. The van der Waals surface area contributed by atoms with Gasteiger partial charge in [-0.1, -0.05) is 58.7 Å². The quantitative estimate of drug-likeness (QED) is 0.110. The van der Waals surface area contributed by atoms with Crippen molar-refractivity contribution in [1.82, 2.24) is 35.5 Å². The van der Waals surface area contributed by atoms with Gasteiger partial charge in [0.05, 0.1) is 42.1 Å². The summed E-state index contributed by atoms with van der Waals surface area (Å²) in [6, 6.07) is 13.4. The Labute approximate surface area is 327 Å². The molecule has 0 aliphatic carbocycles. The molecule has 296 valence electrons. The molecule has 13 heteroatoms. The van der Waals surface area contributed by atoms with Crippen LogP contribution in [-0.2, 0) is 20.9 Å². The molecule has 7 rings (SSSR count). The minimum absolute atomic E-state index is 0.141. The highest BCUT2D eigenvalue weighted by Gasteiger charge is 2.38. The zero-order valence-corrected chi connectivity index (χ0v) is 33.5. The third-order valence-corrected chi connectivity index (χ3v) is 10.6. The van der Waals surface area contributed by atoms with Crippen molar-refractivity contribution in [3.63, 3.8) is 0 Å². The molecule has 3 aromatic carbocycles. The maximum atomic E-state index is 13.3. The van der Waals surface area contributed by atoms with Gasteiger partial charge in [-0.15, -0.1) is 0 Å². The lowest BCUT2D eigenvalue weighted by Crippen LogP contribution is -2.50. The van der Waals surface area contributed by atoms with Gasteiger partial charge in [-0.2, -0.15) is 0 Å². The summed E-state index contributed by atoms with van der Waals surface area (Å²) in [6.07, 6.45) is 4.17. The minimum atomic E-state index is -0.748. The molecule has 0 bridgehead atoms. The number of alkyl carbamates (subject to hydrolysis) is 1. The van der Waals surface area contributed by atoms with E-state index in [1.165, 1.54) is 7.11 Å². The molecule has 13 nitrogen and oxygen atoms in total. The van der Waals surface area contributed by atoms with Crippen LogP contribution < -0.4 is 15.4 Å². The molecule has 0 spiro atoms. The number of fused-ring (bicyclic) bond motifs is 6. The van der Waals surface area contributed by atoms with Gasteiger partial charge < -0.3 is 34.8 Å². The van der Waals surface area contributed by atoms with Gasteiger partial charge >= 0.3 is 12.2 Å². The number of carbonyl (C=O) groups is 3. The highest BCUT2D eigenvalue weighted by atomic mass is 16.6. The molecule has 56 heavy (non-hydrogen) atoms. The minimum Gasteiger partial charge on any atom is -0.488 e. The number of nitrogens with one attached hydrogen (secondary N) is 4. The second-order valence-corrected chi connectivity index (χ2v) is 16.5. The molecule has 4 heterocycles. The standard InChI is InChI=1S/C43H53N7O6/c1-9-10-11-32(47-40(51)36(23(2)3)49-41(52)54-8)38-44-20-33(46-38)26-12-14-28-27(17-26)22-55-35-19-29-25(18-30(28)35)13-15-31-37(29)48-39(45-31)34-16-24(4)21-50(34)42(53)56-43(5,6)7/h12-15,17-20,23-24,32,34,36H,9-11,16,21-22H2,1-8H3,(H,44,46)(H,45,48)(H,47,51)(H,49,52). The van der Waals surface area contributed by atoms with Crippen LogP contribution in [0.15, 0.2) is 48.7 Å². The Balaban J connectivity index is 1.13. The number of carbonyl (C=O) groups excluding carboxylic acids is 3. The van der Waals surface area contributed by atoms with Crippen molar-refractivity contribution in [2.75, 3.05) is 13.7 Å². The highest BCUT2D eigenvalue weighted by molar-refractivity contribution is 6.07. The molecular formula is C43H53N7O6. The van der Waals surface area contributed by atoms with Crippen LogP contribution in [0.25, 0.3) is 44.2 Å². The lowest BCUT2D eigenvalue weighted by molar-refractivity contribution is -0.124. The third kappa shape index (κ3) is 7.89. The number of hydrogen-bond acceptors (Lipinski definition) is 8. The van der Waals surface area contributed by atoms with Crippen molar-refractivity contribution in [1.29, 1.82) is 0 Å². The van der Waals surface area contributed by atoms with Crippen molar-refractivity contribution >= 4 is 39.9 Å². The first-order valence-corrected chi connectivity index (χ1v) is 19.6. The van der Waals surface area contributed by atoms with Crippen LogP contribution in [0.3, 0.4) is 0 Å². The molecule has 2 aliphatic heterocycles. The third-order valence-electron chi connectivity index (χ3n) is 10.6. The zero-order chi connectivity index (χ0) is 39.9. The van der Waals surface area contributed by atoms with E-state index < -0.39 is 17.7 Å². The number of ether oxygens (including phenoxy) is 3. The molecule has 2 aliphatic rings. The molecule has 4 atom stereocenters. The van der Waals surface area contributed by atoms with Crippen LogP contribution >= 0.6 is 0 Å². The van der Waals surface area contributed by atoms with E-state index in [-0.39, 0.29) is 30.0 Å². The summed E-state index contributed by atoms with van der Waals surface area (Å²) in [5, 5.41) is 7.78. The van der Waals surface area contributed by atoms with Crippen molar-refractivity contribution in [3.05, 3.63) is 65.9 Å². The van der Waals surface area contributed by atoms with Gasteiger partial charge in [0.15, 0.2) is 0 Å². The molecule has 0 radical (unpaired) electrons. The van der Waals surface area contributed by atoms with Gasteiger partial charge in [-0.3, -0.25) is 9.69 Å². The molecular weight excluding hydrogens is 711 g/mol. The second-order valence-electron chi connectivity index (χ2n) is 16.5. The van der Waals surface area contributed by atoms with Crippen molar-refractivity contribution in [2.24, 2.45) is 11.8 Å². The van der Waals surface area contributed by atoms with Gasteiger partial charge in [-0.05, 0) is 91.8 Å². The van der Waals surface area contributed by atoms with Crippen LogP contribution in [0.2, 0.25) is 0 Å². The number of nitrogens with zero attached hydrogens (tertiary/aromatic N) is 3. The Morgan fingerprint density at radius 2 is 1.86 bits per heavy atom. The number of aromatic amines is 2. The van der Waals surface area contributed by atoms with E-state index in [0.29, 0.717) is 31.3 Å². The van der Waals surface area contributed by atoms with Crippen LogP contribution in [0.5, 0.6) is 5.75 Å². The Kier molecular flexibility index (Phi) is 10.7. The largest absolute Gasteiger partial charge is 0.488 e. The maximum absolute atomic E-state index is 13.3. The average Bonchev–Trinajstić information content (AvgIpc) is 3.92. The summed E-state index contributed by atoms with van der Waals surface area (Å²) in [4.78, 5) is 57.0. The van der Waals surface area contributed by atoms with E-state index in [9.17, 15) is 14.4 Å². The number of benzene rings is 3. The van der Waals surface area contributed by atoms with Gasteiger partial charge in [-0.25, -0.2) is 19.6 Å². The summed E-state index contributed by atoms with van der Waals surface area (Å²) >= 11 is 0. The average molecular weight is 764 g/mol. The number of hydrogen-bond donors (Lipinski definition) is 4. The first-order chi connectivity index (χ1) is 26.7. The predicted molar refractivity (Wildman–Crippen MR) is 215 cm³/mol. The van der Waals surface area contributed by atoms with Crippen LogP contribution in [0, 0.1) is 11.8 Å². The fourth-order valence-corrected chi connectivity index (χ4v) is 7.79. The lowest BCUT2D eigenvalue weighted by Gasteiger charge is -2.27. The van der Waals surface area contributed by atoms with Crippen molar-refractivity contribution in [3.8, 4) is 28.1 Å². The number of imidazole rings is 2. The Bertz CT molecular complexity index is 2270. The van der Waals surface area contributed by atoms with E-state index in [0.717, 1.165) is 80.6 Å². The van der Waals surface area contributed by atoms with Gasteiger partial charge in [0, 0.05) is 17.5 Å². The van der Waals surface area contributed by atoms with E-state index in [1.54, 1.807) is 11.1 Å². The summed E-state index contributed by atoms with van der Waals surface area (Å²) in [5.41, 5.74) is 6.11. The SMILES string of the molecule is CCCCC(NC(=O)C(NC(=O)OC)C(C)C)c1ncc(-c2ccc3c(c2)COc2cc4c(ccc5[nH]c(C6CC(C)CN6C(=O)OC(C)(C)C)nc54)cc2-3)[nH]1. The van der Waals surface area contributed by atoms with E-state index >= 15 is 0 Å². The van der Waals surface area contributed by atoms with Crippen LogP contribution in [0.4, 0.5) is 9.59 Å². The van der Waals surface area contributed by atoms with Crippen molar-refractivity contribution in [2.45, 2.75) is 104 Å². The summed E-state index contributed by atoms with van der Waals surface area (Å²) < 4.78 is 16.9. The summed E-state index contributed by atoms with van der Waals surface area (Å²) in [5.74, 6) is 2.10. The Morgan fingerprint density at radius 1 is 1.05 bits per heavy atom. The normalized spacial score (nSPS) is 17.6. The van der Waals surface area contributed by atoms with Crippen LogP contribution in [0.1, 0.15) is 103 Å². The monoisotopic (exact) mass is 763 g/mol. The second kappa shape index (κ2) is 15.5. The number of likely N-dealkylation sites (tertiary alicyclic amines) is 1. The lowest BCUT2D eigenvalue weighted by atomic mass is 9.92. The molecule has 1 saturated heterocycles. The van der Waals surface area contributed by atoms with E-state index in [1.807, 2.05) is 34.6 Å². The predicted octanol–water partition coefficient (Wildman–Crippen LogP) is 8.71. The van der Waals surface area contributed by atoms with Crippen LogP contribution in [-0.4, -0.2) is 68.2 Å². The number of H-pyrrole nitrogens is 2. The molecule has 4 N–H and O–H groups in total. The van der Waals surface area contributed by atoms with Crippen molar-refractivity contribution < 1.29 is 28.6 Å². The fraction of sp³-hybridized carbons (Fsp3) is 0.465. The first kappa shape index (κ1) is 38.7. The fourth-order valence-electron chi connectivity index (χ4n) is 7.79. The number of methoxy groups -OCH3 is 1. The van der Waals surface area contributed by atoms with Gasteiger partial charge in [0.1, 0.15) is 35.6 Å². The number of unbranched alkanes of at least 4 members (excludes halogenated alkanes) is 1. The molecule has 4 unspecified atom stereocenters. The first-order valence-electron chi connectivity index (χ1n) is 19.6. The van der Waals surface area contributed by atoms with E-state index in [4.69, 9.17) is 24.2 Å². The number of rotatable bonds is 10. The molecule has 0 saturated carbocycles.